The molecule has 0 atom stereocenters. The predicted octanol–water partition coefficient (Wildman–Crippen LogP) is 18.1. The average Bonchev–Trinajstić information content (AvgIpc) is 3.39. The van der Waals surface area contributed by atoms with Crippen LogP contribution in [0.2, 0.25) is 0 Å². The average molecular weight is 826 g/mol. The zero-order valence-electron chi connectivity index (χ0n) is 35.8. The molecule has 0 amide bonds. The number of hydrogen-bond donors (Lipinski definition) is 0. The molecule has 0 aliphatic rings. The van der Waals surface area contributed by atoms with E-state index in [4.69, 9.17) is 0 Å². The molecule has 65 heavy (non-hydrogen) atoms. The lowest BCUT2D eigenvalue weighted by atomic mass is 9.84. The van der Waals surface area contributed by atoms with E-state index in [-0.39, 0.29) is 0 Å². The summed E-state index contributed by atoms with van der Waals surface area (Å²) in [6, 6.07) is 95.2. The molecule has 12 aromatic rings. The monoisotopic (exact) mass is 825 g/mol. The summed E-state index contributed by atoms with van der Waals surface area (Å²) in [5, 5.41) is 9.96. The number of nitrogens with zero attached hydrogens (tertiary/aromatic N) is 1. The Kier molecular flexibility index (Phi) is 9.58. The Hall–Kier alpha value is -8.52. The van der Waals surface area contributed by atoms with Gasteiger partial charge in [0.25, 0.3) is 0 Å². The van der Waals surface area contributed by atoms with Crippen molar-refractivity contribution >= 4 is 60.2 Å². The van der Waals surface area contributed by atoms with Crippen LogP contribution >= 0.6 is 0 Å². The Morgan fingerprint density at radius 1 is 0.200 bits per heavy atom. The van der Waals surface area contributed by atoms with Gasteiger partial charge in [-0.3, -0.25) is 0 Å². The molecule has 1 heteroatoms. The van der Waals surface area contributed by atoms with E-state index >= 15 is 0 Å². The van der Waals surface area contributed by atoms with Crippen molar-refractivity contribution in [2.75, 3.05) is 4.90 Å². The number of hydrogen-bond acceptors (Lipinski definition) is 1. The summed E-state index contributed by atoms with van der Waals surface area (Å²) in [6.07, 6.45) is 0. The van der Waals surface area contributed by atoms with E-state index in [0.29, 0.717) is 0 Å². The van der Waals surface area contributed by atoms with Crippen molar-refractivity contribution in [3.63, 3.8) is 0 Å². The van der Waals surface area contributed by atoms with Gasteiger partial charge in [-0.15, -0.1) is 0 Å². The molecule has 0 fully saturated rings. The standard InChI is InChI=1S/C64H43N/c1-3-17-49(18-4-1)63-61-27-12-11-26-59(61)60-40-36-53(43-62(60)64(63)50-19-5-2-6-20-50)52-23-13-24-55(42-52)65(56-39-35-44-15-7-8-21-51(44)41-56)54-37-33-46(34-38-54)45-29-31-48(32-30-45)58-28-14-22-47-16-9-10-25-57(47)58/h1-43H. The lowest BCUT2D eigenvalue weighted by molar-refractivity contribution is 1.29. The maximum atomic E-state index is 2.41. The first-order valence-electron chi connectivity index (χ1n) is 22.4. The summed E-state index contributed by atoms with van der Waals surface area (Å²) in [6.45, 7) is 0. The van der Waals surface area contributed by atoms with Crippen molar-refractivity contribution in [2.45, 2.75) is 0 Å². The largest absolute Gasteiger partial charge is 0.310 e. The molecule has 0 saturated carbocycles. The van der Waals surface area contributed by atoms with Crippen LogP contribution < -0.4 is 4.90 Å². The van der Waals surface area contributed by atoms with Crippen molar-refractivity contribution in [1.82, 2.24) is 0 Å². The van der Waals surface area contributed by atoms with Crippen LogP contribution in [0, 0.1) is 0 Å². The van der Waals surface area contributed by atoms with Gasteiger partial charge >= 0.3 is 0 Å². The second kappa shape index (κ2) is 16.3. The molecule has 0 heterocycles. The number of rotatable bonds is 8. The smallest absolute Gasteiger partial charge is 0.0468 e. The summed E-state index contributed by atoms with van der Waals surface area (Å²) in [4.78, 5) is 2.39. The maximum absolute atomic E-state index is 2.41. The van der Waals surface area contributed by atoms with Crippen LogP contribution in [-0.2, 0) is 0 Å². The van der Waals surface area contributed by atoms with Crippen LogP contribution in [-0.4, -0.2) is 0 Å². The molecule has 0 unspecified atom stereocenters. The summed E-state index contributed by atoms with van der Waals surface area (Å²) in [5.74, 6) is 0. The molecule has 1 nitrogen and oxygen atoms in total. The van der Waals surface area contributed by atoms with Gasteiger partial charge in [0, 0.05) is 17.1 Å². The fourth-order valence-corrected chi connectivity index (χ4v) is 9.89. The molecule has 0 spiro atoms. The van der Waals surface area contributed by atoms with Crippen LogP contribution in [0.15, 0.2) is 261 Å². The highest BCUT2D eigenvalue weighted by atomic mass is 15.1. The lowest BCUT2D eigenvalue weighted by Gasteiger charge is -2.27. The van der Waals surface area contributed by atoms with Crippen LogP contribution in [0.25, 0.3) is 98.7 Å². The zero-order valence-corrected chi connectivity index (χ0v) is 35.8. The fourth-order valence-electron chi connectivity index (χ4n) is 9.89. The Bertz CT molecular complexity index is 3680. The molecule has 0 aromatic heterocycles. The lowest BCUT2D eigenvalue weighted by Crippen LogP contribution is -2.10. The van der Waals surface area contributed by atoms with Gasteiger partial charge in [-0.05, 0) is 141 Å². The van der Waals surface area contributed by atoms with E-state index in [0.717, 1.165) is 22.6 Å². The zero-order chi connectivity index (χ0) is 43.1. The summed E-state index contributed by atoms with van der Waals surface area (Å²) in [5.41, 5.74) is 15.4. The van der Waals surface area contributed by atoms with Crippen molar-refractivity contribution in [2.24, 2.45) is 0 Å². The van der Waals surface area contributed by atoms with E-state index in [1.165, 1.54) is 93.2 Å². The minimum Gasteiger partial charge on any atom is -0.310 e. The Labute approximate surface area is 379 Å². The molecular formula is C64H43N. The molecule has 0 saturated heterocycles. The first kappa shape index (κ1) is 38.2. The molecule has 0 radical (unpaired) electrons. The van der Waals surface area contributed by atoms with Crippen LogP contribution in [0.5, 0.6) is 0 Å². The first-order chi connectivity index (χ1) is 32.2. The molecule has 0 aliphatic carbocycles. The third-order valence-electron chi connectivity index (χ3n) is 13.0. The number of fused-ring (bicyclic) bond motifs is 5. The highest BCUT2D eigenvalue weighted by molar-refractivity contribution is 6.22. The molecule has 0 N–H and O–H groups in total. The Morgan fingerprint density at radius 2 is 0.677 bits per heavy atom. The van der Waals surface area contributed by atoms with Crippen LogP contribution in [0.1, 0.15) is 0 Å². The van der Waals surface area contributed by atoms with Gasteiger partial charge in [0.15, 0.2) is 0 Å². The van der Waals surface area contributed by atoms with E-state index in [9.17, 15) is 0 Å². The van der Waals surface area contributed by atoms with Crippen LogP contribution in [0.3, 0.4) is 0 Å². The third kappa shape index (κ3) is 7.01. The maximum Gasteiger partial charge on any atom is 0.0468 e. The first-order valence-corrected chi connectivity index (χ1v) is 22.4. The second-order valence-corrected chi connectivity index (χ2v) is 16.9. The van der Waals surface area contributed by atoms with Gasteiger partial charge in [-0.25, -0.2) is 0 Å². The van der Waals surface area contributed by atoms with Crippen molar-refractivity contribution < 1.29 is 0 Å². The van der Waals surface area contributed by atoms with Crippen molar-refractivity contribution in [3.05, 3.63) is 261 Å². The minimum atomic E-state index is 1.09. The van der Waals surface area contributed by atoms with E-state index < -0.39 is 0 Å². The van der Waals surface area contributed by atoms with E-state index in [2.05, 4.69) is 266 Å². The highest BCUT2D eigenvalue weighted by Crippen LogP contribution is 2.46. The molecule has 12 rings (SSSR count). The van der Waals surface area contributed by atoms with E-state index in [1.807, 2.05) is 0 Å². The predicted molar refractivity (Wildman–Crippen MR) is 278 cm³/mol. The second-order valence-electron chi connectivity index (χ2n) is 16.9. The van der Waals surface area contributed by atoms with Gasteiger partial charge in [0.1, 0.15) is 0 Å². The Morgan fingerprint density at radius 3 is 1.42 bits per heavy atom. The molecule has 12 aromatic carbocycles. The van der Waals surface area contributed by atoms with Gasteiger partial charge < -0.3 is 4.90 Å². The minimum absolute atomic E-state index is 1.09. The van der Waals surface area contributed by atoms with Crippen molar-refractivity contribution in [3.8, 4) is 55.6 Å². The highest BCUT2D eigenvalue weighted by Gasteiger charge is 2.19. The normalized spacial score (nSPS) is 11.4. The van der Waals surface area contributed by atoms with Gasteiger partial charge in [-0.1, -0.05) is 218 Å². The van der Waals surface area contributed by atoms with Gasteiger partial charge in [-0.2, -0.15) is 0 Å². The third-order valence-corrected chi connectivity index (χ3v) is 13.0. The van der Waals surface area contributed by atoms with Gasteiger partial charge in [0.05, 0.1) is 0 Å². The number of benzene rings is 12. The summed E-state index contributed by atoms with van der Waals surface area (Å²) in [7, 11) is 0. The molecule has 304 valence electrons. The molecule has 0 bridgehead atoms. The Balaban J connectivity index is 0.969. The quantitative estimate of drug-likeness (QED) is 0.138. The topological polar surface area (TPSA) is 3.24 Å². The fraction of sp³-hybridized carbons (Fsp3) is 0. The van der Waals surface area contributed by atoms with E-state index in [1.54, 1.807) is 0 Å². The SMILES string of the molecule is c1ccc(-c2c(-c3ccccc3)c3cc(-c4cccc(N(c5ccc(-c6ccc(-c7cccc8ccccc78)cc6)cc5)c5ccc6ccccc6c5)c4)ccc3c3ccccc23)cc1. The summed E-state index contributed by atoms with van der Waals surface area (Å²) >= 11 is 0. The van der Waals surface area contributed by atoms with Crippen molar-refractivity contribution in [1.29, 1.82) is 0 Å². The van der Waals surface area contributed by atoms with Gasteiger partial charge in [0.2, 0.25) is 0 Å². The molecular weight excluding hydrogens is 783 g/mol. The number of anilines is 3. The molecule has 0 aliphatic heterocycles. The summed E-state index contributed by atoms with van der Waals surface area (Å²) < 4.78 is 0. The van der Waals surface area contributed by atoms with Crippen LogP contribution in [0.4, 0.5) is 17.1 Å².